The summed E-state index contributed by atoms with van der Waals surface area (Å²) in [7, 11) is 0. The van der Waals surface area contributed by atoms with Crippen LogP contribution in [0.15, 0.2) is 82.7 Å². The van der Waals surface area contributed by atoms with Gasteiger partial charge in [-0.15, -0.1) is 0 Å². The van der Waals surface area contributed by atoms with E-state index in [4.69, 9.17) is 14.2 Å². The minimum absolute atomic E-state index is 0.0231. The number of fused-ring (bicyclic) bond motifs is 2. The standard InChI is InChI=1S/C28H25N3O6S/c1-2-35-27(34)18-11-13-19(14-12-18)29-25(32)17-38-28-30-22-8-4-3-7-21(22)26(33)31(28)15-20-16-36-23-9-5-6-10-24(23)37-20/h3-14,20H,2,15-17H2,1H3,(H,29,32)/t20-/m0/s1. The quantitative estimate of drug-likeness (QED) is 0.205. The Balaban J connectivity index is 1.32. The number of nitrogens with zero attached hydrogens (tertiary/aromatic N) is 2. The maximum atomic E-state index is 13.4. The van der Waals surface area contributed by atoms with Gasteiger partial charge < -0.3 is 19.5 Å². The monoisotopic (exact) mass is 531 g/mol. The van der Waals surface area contributed by atoms with Crippen LogP contribution in [-0.4, -0.2) is 46.5 Å². The van der Waals surface area contributed by atoms with Gasteiger partial charge in [-0.05, 0) is 55.5 Å². The number of para-hydroxylation sites is 3. The molecule has 1 amide bonds. The second-order valence-corrected chi connectivity index (χ2v) is 9.40. The number of carbonyl (C=O) groups excluding carboxylic acids is 2. The number of benzene rings is 3. The number of hydrogen-bond acceptors (Lipinski definition) is 8. The van der Waals surface area contributed by atoms with Crippen molar-refractivity contribution >= 4 is 40.2 Å². The van der Waals surface area contributed by atoms with Crippen molar-refractivity contribution in [2.75, 3.05) is 24.3 Å². The molecule has 1 N–H and O–H groups in total. The van der Waals surface area contributed by atoms with Crippen molar-refractivity contribution in [2.24, 2.45) is 0 Å². The number of hydrogen-bond donors (Lipinski definition) is 1. The number of anilines is 1. The molecule has 0 saturated carbocycles. The predicted molar refractivity (Wildman–Crippen MR) is 144 cm³/mol. The summed E-state index contributed by atoms with van der Waals surface area (Å²) in [4.78, 5) is 42.6. The van der Waals surface area contributed by atoms with E-state index in [9.17, 15) is 14.4 Å². The van der Waals surface area contributed by atoms with Gasteiger partial charge in [0.1, 0.15) is 6.61 Å². The first-order valence-corrected chi connectivity index (χ1v) is 13.1. The molecular weight excluding hydrogens is 506 g/mol. The molecule has 1 atom stereocenters. The zero-order valence-corrected chi connectivity index (χ0v) is 21.4. The van der Waals surface area contributed by atoms with E-state index in [1.165, 1.54) is 4.57 Å². The van der Waals surface area contributed by atoms with E-state index < -0.39 is 12.1 Å². The Morgan fingerprint density at radius 3 is 2.58 bits per heavy atom. The molecular formula is C28H25N3O6S. The third-order valence-corrected chi connectivity index (χ3v) is 6.77. The summed E-state index contributed by atoms with van der Waals surface area (Å²) in [6.07, 6.45) is -0.406. The zero-order valence-electron chi connectivity index (χ0n) is 20.6. The summed E-state index contributed by atoms with van der Waals surface area (Å²) in [6, 6.07) is 20.9. The van der Waals surface area contributed by atoms with Crippen LogP contribution in [0.4, 0.5) is 5.69 Å². The van der Waals surface area contributed by atoms with Gasteiger partial charge in [0.15, 0.2) is 22.8 Å². The lowest BCUT2D eigenvalue weighted by Crippen LogP contribution is -2.37. The van der Waals surface area contributed by atoms with Gasteiger partial charge in [-0.1, -0.05) is 36.0 Å². The Morgan fingerprint density at radius 1 is 1.05 bits per heavy atom. The molecule has 10 heteroatoms. The van der Waals surface area contributed by atoms with Crippen LogP contribution >= 0.6 is 11.8 Å². The average molecular weight is 532 g/mol. The van der Waals surface area contributed by atoms with Gasteiger partial charge in [-0.2, -0.15) is 0 Å². The third-order valence-electron chi connectivity index (χ3n) is 5.79. The van der Waals surface area contributed by atoms with Crippen LogP contribution in [0.25, 0.3) is 10.9 Å². The zero-order chi connectivity index (χ0) is 26.5. The van der Waals surface area contributed by atoms with Gasteiger partial charge >= 0.3 is 5.97 Å². The average Bonchev–Trinajstić information content (AvgIpc) is 2.94. The summed E-state index contributed by atoms with van der Waals surface area (Å²) < 4.78 is 18.4. The van der Waals surface area contributed by atoms with Crippen LogP contribution in [0.3, 0.4) is 0 Å². The van der Waals surface area contributed by atoms with E-state index in [-0.39, 0.29) is 37.0 Å². The van der Waals surface area contributed by atoms with Crippen molar-refractivity contribution in [1.82, 2.24) is 9.55 Å². The predicted octanol–water partition coefficient (Wildman–Crippen LogP) is 4.14. The summed E-state index contributed by atoms with van der Waals surface area (Å²) in [5, 5.41) is 3.69. The number of esters is 1. The highest BCUT2D eigenvalue weighted by Crippen LogP contribution is 2.31. The molecule has 4 aromatic rings. The first-order valence-electron chi connectivity index (χ1n) is 12.1. The van der Waals surface area contributed by atoms with Crippen LogP contribution in [0.5, 0.6) is 11.5 Å². The highest BCUT2D eigenvalue weighted by Gasteiger charge is 2.24. The van der Waals surface area contributed by atoms with E-state index >= 15 is 0 Å². The van der Waals surface area contributed by atoms with Crippen molar-refractivity contribution in [3.05, 3.63) is 88.7 Å². The molecule has 0 fully saturated rings. The number of amides is 1. The number of rotatable bonds is 8. The van der Waals surface area contributed by atoms with E-state index in [2.05, 4.69) is 10.3 Å². The molecule has 5 rings (SSSR count). The maximum absolute atomic E-state index is 13.4. The van der Waals surface area contributed by atoms with Crippen molar-refractivity contribution in [2.45, 2.75) is 24.7 Å². The number of nitrogens with one attached hydrogen (secondary N) is 1. The number of aromatic nitrogens is 2. The lowest BCUT2D eigenvalue weighted by Gasteiger charge is -2.27. The van der Waals surface area contributed by atoms with E-state index in [0.717, 1.165) is 11.8 Å². The molecule has 3 aromatic carbocycles. The number of carbonyl (C=O) groups is 2. The summed E-state index contributed by atoms with van der Waals surface area (Å²) >= 11 is 1.16. The van der Waals surface area contributed by atoms with Crippen LogP contribution in [0.1, 0.15) is 17.3 Å². The Morgan fingerprint density at radius 2 is 1.79 bits per heavy atom. The smallest absolute Gasteiger partial charge is 0.338 e. The first-order chi connectivity index (χ1) is 18.5. The van der Waals surface area contributed by atoms with Crippen LogP contribution in [0, 0.1) is 0 Å². The Hall–Kier alpha value is -4.31. The van der Waals surface area contributed by atoms with Gasteiger partial charge in [0.25, 0.3) is 5.56 Å². The molecule has 0 spiro atoms. The molecule has 194 valence electrons. The maximum Gasteiger partial charge on any atom is 0.338 e. The fraction of sp³-hybridized carbons (Fsp3) is 0.214. The Bertz CT molecular complexity index is 1540. The summed E-state index contributed by atoms with van der Waals surface area (Å²) in [6.45, 7) is 2.52. The van der Waals surface area contributed by atoms with Crippen LogP contribution in [-0.2, 0) is 16.1 Å². The molecule has 0 saturated heterocycles. The van der Waals surface area contributed by atoms with Crippen LogP contribution < -0.4 is 20.3 Å². The van der Waals surface area contributed by atoms with Crippen LogP contribution in [0.2, 0.25) is 0 Å². The largest absolute Gasteiger partial charge is 0.486 e. The molecule has 1 aliphatic rings. The highest BCUT2D eigenvalue weighted by atomic mass is 32.2. The first kappa shape index (κ1) is 25.3. The Kier molecular flexibility index (Phi) is 7.60. The number of thioether (sulfide) groups is 1. The fourth-order valence-corrected chi connectivity index (χ4v) is 4.82. The topological polar surface area (TPSA) is 109 Å². The van der Waals surface area contributed by atoms with Gasteiger partial charge in [0.2, 0.25) is 5.91 Å². The SMILES string of the molecule is CCOC(=O)c1ccc(NC(=O)CSc2nc3ccccc3c(=O)n2C[C@H]2COc3ccccc3O2)cc1. The van der Waals surface area contributed by atoms with Crippen molar-refractivity contribution in [3.63, 3.8) is 0 Å². The molecule has 2 heterocycles. The second-order valence-electron chi connectivity index (χ2n) is 8.46. The lowest BCUT2D eigenvalue weighted by atomic mass is 10.2. The fourth-order valence-electron chi connectivity index (χ4n) is 4.01. The molecule has 0 bridgehead atoms. The molecule has 0 aliphatic carbocycles. The van der Waals surface area contributed by atoms with E-state index in [0.29, 0.717) is 38.8 Å². The molecule has 1 aliphatic heterocycles. The van der Waals surface area contributed by atoms with Gasteiger partial charge in [0, 0.05) is 5.69 Å². The summed E-state index contributed by atoms with van der Waals surface area (Å²) in [5.41, 5.74) is 1.28. The van der Waals surface area contributed by atoms with Crippen molar-refractivity contribution < 1.29 is 23.8 Å². The molecule has 0 unspecified atom stereocenters. The molecule has 0 radical (unpaired) electrons. The normalized spacial score (nSPS) is 14.2. The van der Waals surface area contributed by atoms with Crippen molar-refractivity contribution in [1.29, 1.82) is 0 Å². The minimum Gasteiger partial charge on any atom is -0.486 e. The molecule has 9 nitrogen and oxygen atoms in total. The number of ether oxygens (including phenoxy) is 3. The minimum atomic E-state index is -0.419. The third kappa shape index (κ3) is 5.65. The highest BCUT2D eigenvalue weighted by molar-refractivity contribution is 7.99. The lowest BCUT2D eigenvalue weighted by molar-refractivity contribution is -0.113. The van der Waals surface area contributed by atoms with E-state index in [1.54, 1.807) is 49.4 Å². The van der Waals surface area contributed by atoms with Gasteiger partial charge in [0.05, 0.1) is 35.4 Å². The van der Waals surface area contributed by atoms with Crippen molar-refractivity contribution in [3.8, 4) is 11.5 Å². The van der Waals surface area contributed by atoms with Gasteiger partial charge in [-0.25, -0.2) is 9.78 Å². The summed E-state index contributed by atoms with van der Waals surface area (Å²) in [5.74, 6) is 0.605. The van der Waals surface area contributed by atoms with Gasteiger partial charge in [-0.3, -0.25) is 14.2 Å². The van der Waals surface area contributed by atoms with E-state index in [1.807, 2.05) is 30.3 Å². The molecule has 1 aromatic heterocycles. The second kappa shape index (κ2) is 11.4. The Labute approximate surface area is 222 Å². The molecule has 38 heavy (non-hydrogen) atoms.